The zero-order valence-electron chi connectivity index (χ0n) is 10.8. The third-order valence-electron chi connectivity index (χ3n) is 2.44. The van der Waals surface area contributed by atoms with Crippen LogP contribution in [0.2, 0.25) is 0 Å². The molecule has 0 fully saturated rings. The Morgan fingerprint density at radius 3 is 2.72 bits per heavy atom. The highest BCUT2D eigenvalue weighted by atomic mass is 32.2. The minimum atomic E-state index is -0.934. The van der Waals surface area contributed by atoms with Crippen LogP contribution in [-0.2, 0) is 10.8 Å². The van der Waals surface area contributed by atoms with Crippen LogP contribution in [0.4, 0.5) is 5.69 Å². The summed E-state index contributed by atoms with van der Waals surface area (Å²) in [5.41, 5.74) is 4.59. The summed E-state index contributed by atoms with van der Waals surface area (Å²) in [5.74, 6) is 5.60. The van der Waals surface area contributed by atoms with Gasteiger partial charge in [0, 0.05) is 28.9 Å². The van der Waals surface area contributed by atoms with Gasteiger partial charge in [0.1, 0.15) is 0 Å². The highest BCUT2D eigenvalue weighted by Crippen LogP contribution is 2.16. The maximum Gasteiger partial charge on any atom is 0.253 e. The molecular formula is C12H19N3O2S. The van der Waals surface area contributed by atoms with Gasteiger partial charge in [0.05, 0.1) is 11.3 Å². The average Bonchev–Trinajstić information content (AvgIpc) is 2.27. The van der Waals surface area contributed by atoms with Crippen LogP contribution >= 0.6 is 0 Å². The first-order valence-electron chi connectivity index (χ1n) is 5.62. The maximum absolute atomic E-state index is 12.0. The summed E-state index contributed by atoms with van der Waals surface area (Å²) in [4.78, 5) is 12.0. The largest absolute Gasteiger partial charge is 0.349 e. The van der Waals surface area contributed by atoms with Gasteiger partial charge < -0.3 is 10.7 Å². The fourth-order valence-corrected chi connectivity index (χ4v) is 2.46. The van der Waals surface area contributed by atoms with E-state index in [1.807, 2.05) is 19.9 Å². The lowest BCUT2D eigenvalue weighted by Gasteiger charge is -2.14. The monoisotopic (exact) mass is 269 g/mol. The van der Waals surface area contributed by atoms with Gasteiger partial charge in [-0.1, -0.05) is 6.07 Å². The molecule has 0 saturated heterocycles. The number of nitrogens with two attached hydrogens (primary N) is 1. The Balaban J connectivity index is 2.81. The maximum atomic E-state index is 12.0. The minimum absolute atomic E-state index is 0.143. The van der Waals surface area contributed by atoms with Crippen LogP contribution in [0.3, 0.4) is 0 Å². The number of carbonyl (C=O) groups is 1. The molecule has 0 saturated carbocycles. The standard InChI is InChI=1S/C12H19N3O2S/c1-8-4-5-10(11(6-8)15-13)12(16)14-9(2)7-18(3)17/h4-6,9,15H,7,13H2,1-3H3,(H,14,16). The van der Waals surface area contributed by atoms with E-state index in [1.54, 1.807) is 18.4 Å². The van der Waals surface area contributed by atoms with E-state index in [0.29, 0.717) is 17.0 Å². The smallest absolute Gasteiger partial charge is 0.253 e. The third-order valence-corrected chi connectivity index (χ3v) is 3.41. The van der Waals surface area contributed by atoms with E-state index < -0.39 is 10.8 Å². The molecule has 0 aromatic heterocycles. The normalized spacial score (nSPS) is 13.8. The summed E-state index contributed by atoms with van der Waals surface area (Å²) in [5, 5.41) is 2.79. The lowest BCUT2D eigenvalue weighted by molar-refractivity contribution is 0.0944. The fourth-order valence-electron chi connectivity index (χ4n) is 1.67. The number of aryl methyl sites for hydroxylation is 1. The summed E-state index contributed by atoms with van der Waals surface area (Å²) >= 11 is 0. The van der Waals surface area contributed by atoms with Crippen LogP contribution in [0.1, 0.15) is 22.8 Å². The van der Waals surface area contributed by atoms with E-state index in [4.69, 9.17) is 5.84 Å². The van der Waals surface area contributed by atoms with E-state index in [0.717, 1.165) is 5.56 Å². The molecule has 100 valence electrons. The Hall–Kier alpha value is -1.40. The molecule has 0 bridgehead atoms. The molecule has 1 amide bonds. The van der Waals surface area contributed by atoms with Gasteiger partial charge in [-0.3, -0.25) is 14.8 Å². The first kappa shape index (κ1) is 14.7. The van der Waals surface area contributed by atoms with Gasteiger partial charge in [-0.2, -0.15) is 0 Å². The molecular weight excluding hydrogens is 250 g/mol. The van der Waals surface area contributed by atoms with E-state index in [9.17, 15) is 9.00 Å². The van der Waals surface area contributed by atoms with Crippen molar-refractivity contribution in [1.29, 1.82) is 0 Å². The number of nitrogen functional groups attached to an aromatic ring is 1. The van der Waals surface area contributed by atoms with Crippen molar-refractivity contribution in [2.24, 2.45) is 5.84 Å². The highest BCUT2D eigenvalue weighted by molar-refractivity contribution is 7.84. The Morgan fingerprint density at radius 1 is 1.50 bits per heavy atom. The zero-order valence-corrected chi connectivity index (χ0v) is 11.6. The fraction of sp³-hybridized carbons (Fsp3) is 0.417. The molecule has 0 aliphatic rings. The first-order chi connectivity index (χ1) is 8.43. The van der Waals surface area contributed by atoms with Crippen LogP contribution in [0.5, 0.6) is 0 Å². The van der Waals surface area contributed by atoms with E-state index in [1.165, 1.54) is 0 Å². The predicted molar refractivity (Wildman–Crippen MR) is 74.9 cm³/mol. The van der Waals surface area contributed by atoms with Gasteiger partial charge in [-0.05, 0) is 31.5 Å². The first-order valence-corrected chi connectivity index (χ1v) is 7.35. The molecule has 4 N–H and O–H groups in total. The third kappa shape index (κ3) is 4.12. The number of hydrazine groups is 1. The van der Waals surface area contributed by atoms with Crippen LogP contribution in [0, 0.1) is 6.92 Å². The van der Waals surface area contributed by atoms with Gasteiger partial charge in [0.2, 0.25) is 0 Å². The summed E-state index contributed by atoms with van der Waals surface area (Å²) in [6, 6.07) is 5.22. The number of anilines is 1. The van der Waals surface area contributed by atoms with Gasteiger partial charge >= 0.3 is 0 Å². The molecule has 2 atom stereocenters. The molecule has 6 heteroatoms. The SMILES string of the molecule is Cc1ccc(C(=O)NC(C)CS(C)=O)c(NN)c1. The Bertz CT molecular complexity index is 463. The van der Waals surface area contributed by atoms with Crippen molar-refractivity contribution in [2.45, 2.75) is 19.9 Å². The van der Waals surface area contributed by atoms with Crippen molar-refractivity contribution >= 4 is 22.4 Å². The topological polar surface area (TPSA) is 84.2 Å². The molecule has 1 rings (SSSR count). The molecule has 1 aromatic rings. The van der Waals surface area contributed by atoms with Crippen molar-refractivity contribution in [2.75, 3.05) is 17.4 Å². The van der Waals surface area contributed by atoms with Crippen molar-refractivity contribution in [3.8, 4) is 0 Å². The van der Waals surface area contributed by atoms with Crippen molar-refractivity contribution in [3.63, 3.8) is 0 Å². The second-order valence-electron chi connectivity index (χ2n) is 4.31. The molecule has 0 heterocycles. The number of rotatable bonds is 5. The van der Waals surface area contributed by atoms with Crippen LogP contribution < -0.4 is 16.6 Å². The van der Waals surface area contributed by atoms with Crippen LogP contribution in [-0.4, -0.2) is 28.2 Å². The second-order valence-corrected chi connectivity index (χ2v) is 5.79. The van der Waals surface area contributed by atoms with Crippen molar-refractivity contribution in [1.82, 2.24) is 5.32 Å². The van der Waals surface area contributed by atoms with E-state index in [-0.39, 0.29) is 11.9 Å². The van der Waals surface area contributed by atoms with Gasteiger partial charge in [-0.25, -0.2) is 0 Å². The minimum Gasteiger partial charge on any atom is -0.349 e. The number of nitrogens with one attached hydrogen (secondary N) is 2. The van der Waals surface area contributed by atoms with Crippen LogP contribution in [0.25, 0.3) is 0 Å². The zero-order chi connectivity index (χ0) is 13.7. The number of hydrogen-bond donors (Lipinski definition) is 3. The molecule has 5 nitrogen and oxygen atoms in total. The van der Waals surface area contributed by atoms with Gasteiger partial charge in [0.25, 0.3) is 5.91 Å². The summed E-state index contributed by atoms with van der Waals surface area (Å²) < 4.78 is 11.1. The Labute approximate surface area is 110 Å². The molecule has 0 radical (unpaired) electrons. The lowest BCUT2D eigenvalue weighted by atomic mass is 10.1. The molecule has 1 aromatic carbocycles. The molecule has 2 unspecified atom stereocenters. The lowest BCUT2D eigenvalue weighted by Crippen LogP contribution is -2.36. The quantitative estimate of drug-likeness (QED) is 0.545. The van der Waals surface area contributed by atoms with Crippen molar-refractivity contribution < 1.29 is 9.00 Å². The predicted octanol–water partition coefficient (Wildman–Crippen LogP) is 0.777. The molecule has 0 aliphatic heterocycles. The van der Waals surface area contributed by atoms with E-state index >= 15 is 0 Å². The Kier molecular flexibility index (Phi) is 5.30. The number of carbonyl (C=O) groups excluding carboxylic acids is 1. The number of benzene rings is 1. The highest BCUT2D eigenvalue weighted by Gasteiger charge is 2.14. The number of hydrogen-bond acceptors (Lipinski definition) is 4. The molecule has 0 aliphatic carbocycles. The molecule has 18 heavy (non-hydrogen) atoms. The van der Waals surface area contributed by atoms with E-state index in [2.05, 4.69) is 10.7 Å². The average molecular weight is 269 g/mol. The van der Waals surface area contributed by atoms with Crippen LogP contribution in [0.15, 0.2) is 18.2 Å². The second kappa shape index (κ2) is 6.51. The van der Waals surface area contributed by atoms with Gasteiger partial charge in [0.15, 0.2) is 0 Å². The summed E-state index contributed by atoms with van der Waals surface area (Å²) in [7, 11) is -0.934. The number of amides is 1. The summed E-state index contributed by atoms with van der Waals surface area (Å²) in [6.45, 7) is 3.74. The summed E-state index contributed by atoms with van der Waals surface area (Å²) in [6.07, 6.45) is 1.61. The molecule has 0 spiro atoms. The van der Waals surface area contributed by atoms with Crippen molar-refractivity contribution in [3.05, 3.63) is 29.3 Å². The Morgan fingerprint density at radius 2 is 2.17 bits per heavy atom. The van der Waals surface area contributed by atoms with Gasteiger partial charge in [-0.15, -0.1) is 0 Å².